The first-order valence-corrected chi connectivity index (χ1v) is 7.11. The summed E-state index contributed by atoms with van der Waals surface area (Å²) in [4.78, 5) is 2.33. The van der Waals surface area contributed by atoms with E-state index in [0.717, 1.165) is 51.9 Å². The molecule has 0 rings (SSSR count). The Morgan fingerprint density at radius 3 is 2.50 bits per heavy atom. The highest BCUT2D eigenvalue weighted by molar-refractivity contribution is 4.82. The van der Waals surface area contributed by atoms with Crippen LogP contribution in [0.25, 0.3) is 0 Å². The summed E-state index contributed by atoms with van der Waals surface area (Å²) in [7, 11) is 3.89. The van der Waals surface area contributed by atoms with E-state index in [4.69, 9.17) is 4.74 Å². The molecule has 0 spiro atoms. The van der Waals surface area contributed by atoms with Crippen molar-refractivity contribution in [3.8, 4) is 0 Å². The van der Waals surface area contributed by atoms with E-state index < -0.39 is 0 Å². The first-order valence-electron chi connectivity index (χ1n) is 7.11. The molecule has 0 heterocycles. The van der Waals surface area contributed by atoms with E-state index in [1.54, 1.807) is 7.11 Å². The van der Waals surface area contributed by atoms with Crippen LogP contribution in [0.1, 0.15) is 39.5 Å². The van der Waals surface area contributed by atoms with Gasteiger partial charge in [-0.2, -0.15) is 0 Å². The van der Waals surface area contributed by atoms with Crippen molar-refractivity contribution in [1.29, 1.82) is 0 Å². The zero-order chi connectivity index (χ0) is 13.9. The Morgan fingerprint density at radius 1 is 1.28 bits per heavy atom. The zero-order valence-corrected chi connectivity index (χ0v) is 12.7. The molecule has 18 heavy (non-hydrogen) atoms. The minimum atomic E-state index is -0.122. The van der Waals surface area contributed by atoms with Crippen molar-refractivity contribution in [3.05, 3.63) is 0 Å². The molecular weight excluding hydrogens is 228 g/mol. The van der Waals surface area contributed by atoms with Crippen LogP contribution in [0.4, 0.5) is 0 Å². The number of aliphatic hydroxyl groups is 1. The Hall–Kier alpha value is -0.160. The molecule has 110 valence electrons. The van der Waals surface area contributed by atoms with Gasteiger partial charge in [-0.1, -0.05) is 6.92 Å². The van der Waals surface area contributed by atoms with Gasteiger partial charge < -0.3 is 20.1 Å². The Labute approximate surface area is 113 Å². The van der Waals surface area contributed by atoms with E-state index in [-0.39, 0.29) is 12.1 Å². The maximum Gasteiger partial charge on any atom is 0.0610 e. The average molecular weight is 260 g/mol. The van der Waals surface area contributed by atoms with Crippen LogP contribution in [0.2, 0.25) is 0 Å². The molecule has 0 aliphatic rings. The maximum absolute atomic E-state index is 9.46. The molecule has 0 radical (unpaired) electrons. The summed E-state index contributed by atoms with van der Waals surface area (Å²) in [6.45, 7) is 8.42. The first-order chi connectivity index (χ1) is 8.58. The largest absolute Gasteiger partial charge is 0.394 e. The topological polar surface area (TPSA) is 44.7 Å². The number of rotatable bonds is 12. The Bertz CT molecular complexity index is 191. The van der Waals surface area contributed by atoms with E-state index >= 15 is 0 Å². The van der Waals surface area contributed by atoms with E-state index in [1.807, 2.05) is 0 Å². The molecule has 0 saturated carbocycles. The van der Waals surface area contributed by atoms with E-state index in [0.29, 0.717) is 0 Å². The van der Waals surface area contributed by atoms with Crippen molar-refractivity contribution < 1.29 is 9.84 Å². The molecule has 0 aromatic rings. The lowest BCUT2D eigenvalue weighted by Gasteiger charge is -2.29. The highest BCUT2D eigenvalue weighted by Gasteiger charge is 2.21. The Balaban J connectivity index is 3.71. The molecule has 1 atom stereocenters. The minimum absolute atomic E-state index is 0.122. The van der Waals surface area contributed by atoms with Gasteiger partial charge in [0.1, 0.15) is 0 Å². The van der Waals surface area contributed by atoms with Crippen molar-refractivity contribution in [2.24, 2.45) is 0 Å². The summed E-state index contributed by atoms with van der Waals surface area (Å²) in [5.41, 5.74) is -0.122. The SMILES string of the molecule is CCCNC(C)(CO)CCCN(C)CCCOC. The van der Waals surface area contributed by atoms with E-state index in [1.165, 1.54) is 0 Å². The predicted octanol–water partition coefficient (Wildman–Crippen LogP) is 1.49. The minimum Gasteiger partial charge on any atom is -0.394 e. The Morgan fingerprint density at radius 2 is 1.94 bits per heavy atom. The molecular formula is C14H32N2O2. The van der Waals surface area contributed by atoms with Crippen LogP contribution in [0.3, 0.4) is 0 Å². The lowest BCUT2D eigenvalue weighted by molar-refractivity contribution is 0.155. The molecule has 2 N–H and O–H groups in total. The number of methoxy groups -OCH3 is 1. The van der Waals surface area contributed by atoms with Gasteiger partial charge in [0.2, 0.25) is 0 Å². The van der Waals surface area contributed by atoms with Crippen LogP contribution in [-0.4, -0.2) is 62.6 Å². The van der Waals surface area contributed by atoms with Gasteiger partial charge in [0.05, 0.1) is 6.61 Å². The van der Waals surface area contributed by atoms with Gasteiger partial charge in [0.25, 0.3) is 0 Å². The summed E-state index contributed by atoms with van der Waals surface area (Å²) in [6.07, 6.45) is 4.31. The molecule has 4 nitrogen and oxygen atoms in total. The second-order valence-corrected chi connectivity index (χ2v) is 5.40. The summed E-state index contributed by atoms with van der Waals surface area (Å²) >= 11 is 0. The van der Waals surface area contributed by atoms with Crippen LogP contribution in [0.15, 0.2) is 0 Å². The van der Waals surface area contributed by atoms with Gasteiger partial charge in [-0.3, -0.25) is 0 Å². The van der Waals surface area contributed by atoms with Gasteiger partial charge >= 0.3 is 0 Å². The predicted molar refractivity (Wildman–Crippen MR) is 77.0 cm³/mol. The number of aliphatic hydroxyl groups excluding tert-OH is 1. The quantitative estimate of drug-likeness (QED) is 0.522. The molecule has 0 aliphatic heterocycles. The first kappa shape index (κ1) is 17.8. The number of hydrogen-bond acceptors (Lipinski definition) is 4. The molecule has 0 fully saturated rings. The Kier molecular flexibility index (Phi) is 10.6. The average Bonchev–Trinajstić information content (AvgIpc) is 2.37. The summed E-state index contributed by atoms with van der Waals surface area (Å²) in [6, 6.07) is 0. The molecule has 0 aromatic carbocycles. The van der Waals surface area contributed by atoms with Crippen LogP contribution in [0, 0.1) is 0 Å². The van der Waals surface area contributed by atoms with Crippen LogP contribution in [0.5, 0.6) is 0 Å². The molecule has 0 saturated heterocycles. The number of nitrogens with one attached hydrogen (secondary N) is 1. The number of hydrogen-bond donors (Lipinski definition) is 2. The standard InChI is InChI=1S/C14H32N2O2/c1-5-9-15-14(2,13-17)8-6-10-16(3)11-7-12-18-4/h15,17H,5-13H2,1-4H3. The maximum atomic E-state index is 9.46. The molecule has 1 unspecified atom stereocenters. The second-order valence-electron chi connectivity index (χ2n) is 5.40. The molecule has 0 aliphatic carbocycles. The third kappa shape index (κ3) is 8.86. The van der Waals surface area contributed by atoms with Crippen LogP contribution >= 0.6 is 0 Å². The van der Waals surface area contributed by atoms with Crippen molar-refractivity contribution in [2.75, 3.05) is 47.0 Å². The van der Waals surface area contributed by atoms with Crippen molar-refractivity contribution in [2.45, 2.75) is 45.1 Å². The van der Waals surface area contributed by atoms with Crippen molar-refractivity contribution in [3.63, 3.8) is 0 Å². The van der Waals surface area contributed by atoms with Gasteiger partial charge in [-0.25, -0.2) is 0 Å². The highest BCUT2D eigenvalue weighted by Crippen LogP contribution is 2.12. The van der Waals surface area contributed by atoms with Crippen LogP contribution in [-0.2, 0) is 4.74 Å². The lowest BCUT2D eigenvalue weighted by Crippen LogP contribution is -2.46. The van der Waals surface area contributed by atoms with E-state index in [2.05, 4.69) is 31.1 Å². The molecule has 0 bridgehead atoms. The fourth-order valence-corrected chi connectivity index (χ4v) is 1.98. The summed E-state index contributed by atoms with van der Waals surface area (Å²) in [5, 5.41) is 12.9. The summed E-state index contributed by atoms with van der Waals surface area (Å²) in [5.74, 6) is 0. The lowest BCUT2D eigenvalue weighted by atomic mass is 9.96. The number of ether oxygens (including phenoxy) is 1. The normalized spacial score (nSPS) is 15.0. The zero-order valence-electron chi connectivity index (χ0n) is 12.7. The highest BCUT2D eigenvalue weighted by atomic mass is 16.5. The molecule has 0 amide bonds. The second kappa shape index (κ2) is 10.7. The van der Waals surface area contributed by atoms with Crippen molar-refractivity contribution in [1.82, 2.24) is 10.2 Å². The van der Waals surface area contributed by atoms with Gasteiger partial charge in [0, 0.05) is 25.8 Å². The fourth-order valence-electron chi connectivity index (χ4n) is 1.98. The third-order valence-corrected chi connectivity index (χ3v) is 3.31. The number of nitrogens with zero attached hydrogens (tertiary/aromatic N) is 1. The summed E-state index contributed by atoms with van der Waals surface area (Å²) < 4.78 is 5.04. The fraction of sp³-hybridized carbons (Fsp3) is 1.00. The smallest absolute Gasteiger partial charge is 0.0610 e. The molecule has 0 aromatic heterocycles. The molecule has 4 heteroatoms. The van der Waals surface area contributed by atoms with E-state index in [9.17, 15) is 5.11 Å². The van der Waals surface area contributed by atoms with Gasteiger partial charge in [0.15, 0.2) is 0 Å². The monoisotopic (exact) mass is 260 g/mol. The van der Waals surface area contributed by atoms with Crippen LogP contribution < -0.4 is 5.32 Å². The van der Waals surface area contributed by atoms with Crippen molar-refractivity contribution >= 4 is 0 Å². The van der Waals surface area contributed by atoms with Gasteiger partial charge in [-0.05, 0) is 52.7 Å². The third-order valence-electron chi connectivity index (χ3n) is 3.31. The van der Waals surface area contributed by atoms with Gasteiger partial charge in [-0.15, -0.1) is 0 Å².